The average molecular weight is 362 g/mol. The van der Waals surface area contributed by atoms with Crippen LogP contribution in [0.25, 0.3) is 5.69 Å². The van der Waals surface area contributed by atoms with Crippen LogP contribution in [-0.4, -0.2) is 20.7 Å². The van der Waals surface area contributed by atoms with Crippen LogP contribution in [0.2, 0.25) is 0 Å². The van der Waals surface area contributed by atoms with Gasteiger partial charge in [-0.25, -0.2) is 4.68 Å². The number of para-hydroxylation sites is 1. The number of hydrogen-bond acceptors (Lipinski definition) is 3. The molecule has 0 bridgehead atoms. The summed E-state index contributed by atoms with van der Waals surface area (Å²) in [6.07, 6.45) is 4.22. The molecular formula is C22H26N4O. The van der Waals surface area contributed by atoms with E-state index in [2.05, 4.69) is 37.1 Å². The maximum absolute atomic E-state index is 13.0. The number of rotatable bonds is 6. The van der Waals surface area contributed by atoms with E-state index >= 15 is 0 Å². The van der Waals surface area contributed by atoms with E-state index in [1.807, 2.05) is 41.9 Å². The van der Waals surface area contributed by atoms with Gasteiger partial charge >= 0.3 is 0 Å². The number of carbonyl (C=O) groups excluding carboxylic acids is 1. The summed E-state index contributed by atoms with van der Waals surface area (Å²) in [5.74, 6) is 0.330. The van der Waals surface area contributed by atoms with E-state index in [1.165, 1.54) is 0 Å². The van der Waals surface area contributed by atoms with Crippen LogP contribution >= 0.6 is 0 Å². The third-order valence-electron chi connectivity index (χ3n) is 4.56. The van der Waals surface area contributed by atoms with Crippen LogP contribution in [0.3, 0.4) is 0 Å². The van der Waals surface area contributed by atoms with E-state index in [1.54, 1.807) is 12.4 Å². The van der Waals surface area contributed by atoms with Gasteiger partial charge in [0.1, 0.15) is 0 Å². The van der Waals surface area contributed by atoms with Gasteiger partial charge in [0.05, 0.1) is 22.6 Å². The third kappa shape index (κ3) is 4.25. The second-order valence-electron chi connectivity index (χ2n) is 7.24. The number of amides is 1. The molecule has 140 valence electrons. The first-order chi connectivity index (χ1) is 13.0. The van der Waals surface area contributed by atoms with Crippen LogP contribution in [-0.2, 0) is 13.0 Å². The van der Waals surface area contributed by atoms with Crippen molar-refractivity contribution in [2.45, 2.75) is 40.7 Å². The predicted molar refractivity (Wildman–Crippen MR) is 107 cm³/mol. The fourth-order valence-electron chi connectivity index (χ4n) is 3.19. The normalized spacial score (nSPS) is 11.0. The number of hydrogen-bond donors (Lipinski definition) is 1. The summed E-state index contributed by atoms with van der Waals surface area (Å²) in [5, 5.41) is 7.83. The van der Waals surface area contributed by atoms with Crippen molar-refractivity contribution >= 4 is 5.91 Å². The van der Waals surface area contributed by atoms with Crippen molar-refractivity contribution in [2.75, 3.05) is 0 Å². The highest BCUT2D eigenvalue weighted by molar-refractivity contribution is 5.96. The molecule has 27 heavy (non-hydrogen) atoms. The van der Waals surface area contributed by atoms with Gasteiger partial charge in [-0.15, -0.1) is 0 Å². The second kappa shape index (κ2) is 8.16. The Hall–Kier alpha value is -2.95. The minimum absolute atomic E-state index is 0.0835. The van der Waals surface area contributed by atoms with Crippen LogP contribution in [0.1, 0.15) is 46.7 Å². The van der Waals surface area contributed by atoms with E-state index in [0.717, 1.165) is 34.6 Å². The highest BCUT2D eigenvalue weighted by atomic mass is 16.1. The number of aryl methyl sites for hydroxylation is 1. The van der Waals surface area contributed by atoms with Gasteiger partial charge in [0.15, 0.2) is 0 Å². The molecule has 0 aliphatic rings. The zero-order chi connectivity index (χ0) is 19.4. The molecule has 0 atom stereocenters. The SMILES string of the molecule is Cc1ccccc1-n1nc(CC(C)C)c(C(=O)NCc2ccncc2)c1C. The Bertz CT molecular complexity index is 929. The summed E-state index contributed by atoms with van der Waals surface area (Å²) in [6.45, 7) is 8.77. The van der Waals surface area contributed by atoms with Crippen LogP contribution in [0.5, 0.6) is 0 Å². The van der Waals surface area contributed by atoms with Crippen molar-refractivity contribution in [3.05, 3.63) is 76.9 Å². The van der Waals surface area contributed by atoms with Gasteiger partial charge in [-0.3, -0.25) is 9.78 Å². The van der Waals surface area contributed by atoms with Crippen LogP contribution < -0.4 is 5.32 Å². The summed E-state index contributed by atoms with van der Waals surface area (Å²) in [4.78, 5) is 17.0. The van der Waals surface area contributed by atoms with Gasteiger partial charge in [0.2, 0.25) is 0 Å². The lowest BCUT2D eigenvalue weighted by molar-refractivity contribution is 0.0949. The molecule has 0 fully saturated rings. The van der Waals surface area contributed by atoms with Crippen molar-refractivity contribution in [1.82, 2.24) is 20.1 Å². The molecular weight excluding hydrogens is 336 g/mol. The summed E-state index contributed by atoms with van der Waals surface area (Å²) in [7, 11) is 0. The Balaban J connectivity index is 1.95. The van der Waals surface area contributed by atoms with Crippen molar-refractivity contribution in [2.24, 2.45) is 5.92 Å². The molecule has 1 amide bonds. The Kier molecular flexibility index (Phi) is 5.69. The molecule has 0 aliphatic heterocycles. The van der Waals surface area contributed by atoms with E-state index in [0.29, 0.717) is 18.0 Å². The van der Waals surface area contributed by atoms with Crippen LogP contribution in [0, 0.1) is 19.8 Å². The zero-order valence-electron chi connectivity index (χ0n) is 16.4. The number of aromatic nitrogens is 3. The number of nitrogens with zero attached hydrogens (tertiary/aromatic N) is 3. The molecule has 0 spiro atoms. The first-order valence-corrected chi connectivity index (χ1v) is 9.29. The van der Waals surface area contributed by atoms with Crippen molar-refractivity contribution in [1.29, 1.82) is 0 Å². The minimum atomic E-state index is -0.0835. The summed E-state index contributed by atoms with van der Waals surface area (Å²) in [6, 6.07) is 11.9. The Morgan fingerprint density at radius 3 is 2.48 bits per heavy atom. The molecule has 5 heteroatoms. The standard InChI is InChI=1S/C22H26N4O/c1-15(2)13-19-21(22(27)24-14-18-9-11-23-12-10-18)17(4)26(25-19)20-8-6-5-7-16(20)3/h5-12,15H,13-14H2,1-4H3,(H,24,27). The second-order valence-corrected chi connectivity index (χ2v) is 7.24. The Morgan fingerprint density at radius 2 is 1.81 bits per heavy atom. The Morgan fingerprint density at radius 1 is 1.11 bits per heavy atom. The van der Waals surface area contributed by atoms with Crippen molar-refractivity contribution in [3.63, 3.8) is 0 Å². The smallest absolute Gasteiger partial charge is 0.255 e. The highest BCUT2D eigenvalue weighted by Gasteiger charge is 2.22. The molecule has 0 aliphatic carbocycles. The molecule has 2 aromatic heterocycles. The number of nitrogens with one attached hydrogen (secondary N) is 1. The zero-order valence-corrected chi connectivity index (χ0v) is 16.4. The predicted octanol–water partition coefficient (Wildman–Crippen LogP) is 4.01. The van der Waals surface area contributed by atoms with Gasteiger partial charge < -0.3 is 5.32 Å². The number of carbonyl (C=O) groups is 1. The van der Waals surface area contributed by atoms with Crippen LogP contribution in [0.15, 0.2) is 48.8 Å². The summed E-state index contributed by atoms with van der Waals surface area (Å²) >= 11 is 0. The molecule has 0 unspecified atom stereocenters. The molecule has 0 saturated carbocycles. The maximum atomic E-state index is 13.0. The average Bonchev–Trinajstić information content (AvgIpc) is 2.96. The molecule has 2 heterocycles. The summed E-state index contributed by atoms with van der Waals surface area (Å²) < 4.78 is 1.90. The van der Waals surface area contributed by atoms with Gasteiger partial charge in [-0.05, 0) is 55.5 Å². The Labute approximate surface area is 160 Å². The van der Waals surface area contributed by atoms with E-state index in [4.69, 9.17) is 5.10 Å². The quantitative estimate of drug-likeness (QED) is 0.721. The van der Waals surface area contributed by atoms with E-state index in [-0.39, 0.29) is 5.91 Å². The molecule has 1 N–H and O–H groups in total. The minimum Gasteiger partial charge on any atom is -0.348 e. The molecule has 3 aromatic rings. The molecule has 3 rings (SSSR count). The highest BCUT2D eigenvalue weighted by Crippen LogP contribution is 2.23. The lowest BCUT2D eigenvalue weighted by atomic mass is 10.0. The monoisotopic (exact) mass is 362 g/mol. The van der Waals surface area contributed by atoms with Gasteiger partial charge in [-0.1, -0.05) is 32.0 Å². The van der Waals surface area contributed by atoms with Crippen molar-refractivity contribution < 1.29 is 4.79 Å². The number of pyridine rings is 1. The molecule has 0 saturated heterocycles. The van der Waals surface area contributed by atoms with Crippen molar-refractivity contribution in [3.8, 4) is 5.69 Å². The van der Waals surface area contributed by atoms with E-state index < -0.39 is 0 Å². The van der Waals surface area contributed by atoms with Gasteiger partial charge in [0.25, 0.3) is 5.91 Å². The molecule has 5 nitrogen and oxygen atoms in total. The first kappa shape index (κ1) is 18.8. The fraction of sp³-hybridized carbons (Fsp3) is 0.318. The lowest BCUT2D eigenvalue weighted by Gasteiger charge is -2.09. The van der Waals surface area contributed by atoms with Crippen LogP contribution in [0.4, 0.5) is 0 Å². The third-order valence-corrected chi connectivity index (χ3v) is 4.56. The molecule has 0 radical (unpaired) electrons. The maximum Gasteiger partial charge on any atom is 0.255 e. The fourth-order valence-corrected chi connectivity index (χ4v) is 3.19. The van der Waals surface area contributed by atoms with Gasteiger partial charge in [-0.2, -0.15) is 5.10 Å². The van der Waals surface area contributed by atoms with E-state index in [9.17, 15) is 4.79 Å². The topological polar surface area (TPSA) is 59.8 Å². The lowest BCUT2D eigenvalue weighted by Crippen LogP contribution is -2.24. The summed E-state index contributed by atoms with van der Waals surface area (Å²) in [5.41, 5.74) is 5.55. The van der Waals surface area contributed by atoms with Gasteiger partial charge in [0, 0.05) is 18.9 Å². The first-order valence-electron chi connectivity index (χ1n) is 9.29. The number of benzene rings is 1. The molecule has 1 aromatic carbocycles. The largest absolute Gasteiger partial charge is 0.348 e.